The topological polar surface area (TPSA) is 96.4 Å². The molecule has 0 radical (unpaired) electrons. The van der Waals surface area contributed by atoms with Crippen molar-refractivity contribution in [3.63, 3.8) is 0 Å². The summed E-state index contributed by atoms with van der Waals surface area (Å²) in [6, 6.07) is 8.86. The van der Waals surface area contributed by atoms with E-state index < -0.39 is 16.0 Å². The summed E-state index contributed by atoms with van der Waals surface area (Å²) in [5.41, 5.74) is 0.983. The van der Waals surface area contributed by atoms with Gasteiger partial charge in [0.25, 0.3) is 10.0 Å². The van der Waals surface area contributed by atoms with Gasteiger partial charge in [-0.1, -0.05) is 18.2 Å². The van der Waals surface area contributed by atoms with Crippen LogP contribution >= 0.6 is 22.7 Å². The summed E-state index contributed by atoms with van der Waals surface area (Å²) >= 11 is 2.06. The first-order valence-electron chi connectivity index (χ1n) is 5.65. The van der Waals surface area contributed by atoms with Crippen molar-refractivity contribution in [1.82, 2.24) is 4.98 Å². The molecular formula is C12H8N2O4S3. The molecule has 0 bridgehead atoms. The molecule has 108 valence electrons. The van der Waals surface area contributed by atoms with Gasteiger partial charge in [0.05, 0.1) is 5.51 Å². The number of carboxylic acids is 1. The normalized spacial score (nSPS) is 11.6. The third kappa shape index (κ3) is 2.62. The van der Waals surface area contributed by atoms with Crippen LogP contribution in [0, 0.1) is 0 Å². The molecule has 0 saturated carbocycles. The minimum atomic E-state index is -3.83. The van der Waals surface area contributed by atoms with Gasteiger partial charge >= 0.3 is 5.97 Å². The number of carboxylic acid groups (broad SMARTS) is 1. The van der Waals surface area contributed by atoms with Crippen molar-refractivity contribution in [3.05, 3.63) is 41.5 Å². The molecule has 21 heavy (non-hydrogen) atoms. The molecule has 0 atom stereocenters. The first kappa shape index (κ1) is 14.0. The number of nitrogens with zero attached hydrogens (tertiary/aromatic N) is 1. The second-order valence-electron chi connectivity index (χ2n) is 4.04. The Labute approximate surface area is 127 Å². The second kappa shape index (κ2) is 5.10. The summed E-state index contributed by atoms with van der Waals surface area (Å²) in [5.74, 6) is -1.27. The van der Waals surface area contributed by atoms with Crippen LogP contribution < -0.4 is 4.72 Å². The Hall–Kier alpha value is -1.97. The highest BCUT2D eigenvalue weighted by atomic mass is 32.2. The number of hydrogen-bond acceptors (Lipinski definition) is 6. The van der Waals surface area contributed by atoms with E-state index in [1.54, 1.807) is 6.07 Å². The second-order valence-corrected chi connectivity index (χ2v) is 7.89. The van der Waals surface area contributed by atoms with E-state index in [0.29, 0.717) is 0 Å². The molecular weight excluding hydrogens is 332 g/mol. The smallest absolute Gasteiger partial charge is 0.357 e. The molecule has 1 aromatic carbocycles. The van der Waals surface area contributed by atoms with Crippen molar-refractivity contribution in [2.75, 3.05) is 4.72 Å². The lowest BCUT2D eigenvalue weighted by Crippen LogP contribution is -2.13. The Kier molecular flexibility index (Phi) is 3.40. The van der Waals surface area contributed by atoms with Crippen LogP contribution in [0.4, 0.5) is 5.00 Å². The Morgan fingerprint density at radius 2 is 2.05 bits per heavy atom. The number of rotatable bonds is 4. The SMILES string of the molecule is O=C(O)c1ncsc1NS(=O)(=O)c1cc2ccccc2s1. The Bertz CT molecular complexity index is 894. The molecule has 0 aliphatic carbocycles. The highest BCUT2D eigenvalue weighted by molar-refractivity contribution is 7.95. The third-order valence-electron chi connectivity index (χ3n) is 2.66. The molecule has 0 amide bonds. The quantitative estimate of drug-likeness (QED) is 0.761. The predicted octanol–water partition coefficient (Wildman–Crippen LogP) is 2.86. The van der Waals surface area contributed by atoms with Crippen LogP contribution in [-0.2, 0) is 10.0 Å². The minimum Gasteiger partial charge on any atom is -0.476 e. The van der Waals surface area contributed by atoms with Crippen molar-refractivity contribution < 1.29 is 18.3 Å². The molecule has 0 aliphatic heterocycles. The van der Waals surface area contributed by atoms with Crippen LogP contribution in [0.25, 0.3) is 10.1 Å². The average molecular weight is 340 g/mol. The molecule has 6 nitrogen and oxygen atoms in total. The van der Waals surface area contributed by atoms with Crippen LogP contribution in [0.2, 0.25) is 0 Å². The number of thiophene rings is 1. The van der Waals surface area contributed by atoms with Gasteiger partial charge in [-0.15, -0.1) is 22.7 Å². The summed E-state index contributed by atoms with van der Waals surface area (Å²) in [7, 11) is -3.83. The van der Waals surface area contributed by atoms with E-state index in [1.165, 1.54) is 5.51 Å². The van der Waals surface area contributed by atoms with Gasteiger partial charge in [-0.05, 0) is 17.5 Å². The lowest BCUT2D eigenvalue weighted by atomic mass is 10.3. The van der Waals surface area contributed by atoms with Gasteiger partial charge in [0, 0.05) is 4.70 Å². The number of carbonyl (C=O) groups is 1. The highest BCUT2D eigenvalue weighted by Crippen LogP contribution is 2.31. The molecule has 0 fully saturated rings. The van der Waals surface area contributed by atoms with Gasteiger partial charge in [-0.3, -0.25) is 4.72 Å². The molecule has 0 unspecified atom stereocenters. The van der Waals surface area contributed by atoms with Crippen molar-refractivity contribution in [2.45, 2.75) is 4.21 Å². The number of hydrogen-bond donors (Lipinski definition) is 2. The lowest BCUT2D eigenvalue weighted by Gasteiger charge is -2.03. The molecule has 2 N–H and O–H groups in total. The molecule has 2 aromatic heterocycles. The number of anilines is 1. The number of benzene rings is 1. The largest absolute Gasteiger partial charge is 0.476 e. The summed E-state index contributed by atoms with van der Waals surface area (Å²) in [6.45, 7) is 0. The van der Waals surface area contributed by atoms with Gasteiger partial charge in [-0.25, -0.2) is 18.2 Å². The first-order chi connectivity index (χ1) is 9.97. The molecule has 9 heteroatoms. The van der Waals surface area contributed by atoms with E-state index >= 15 is 0 Å². The van der Waals surface area contributed by atoms with E-state index in [-0.39, 0.29) is 14.9 Å². The van der Waals surface area contributed by atoms with Crippen LogP contribution in [-0.4, -0.2) is 24.5 Å². The third-order valence-corrected chi connectivity index (χ3v) is 6.48. The van der Waals surface area contributed by atoms with Gasteiger partial charge in [-0.2, -0.15) is 0 Å². The summed E-state index contributed by atoms with van der Waals surface area (Å²) < 4.78 is 27.9. The summed E-state index contributed by atoms with van der Waals surface area (Å²) in [5, 5.41) is 9.77. The zero-order chi connectivity index (χ0) is 15.0. The standard InChI is InChI=1S/C12H8N2O4S3/c15-12(16)10-11(19-6-13-10)14-21(17,18)9-5-7-3-1-2-4-8(7)20-9/h1-6,14H,(H,15,16). The number of fused-ring (bicyclic) bond motifs is 1. The van der Waals surface area contributed by atoms with E-state index in [1.807, 2.05) is 24.3 Å². The van der Waals surface area contributed by atoms with E-state index in [2.05, 4.69) is 9.71 Å². The average Bonchev–Trinajstić information content (AvgIpc) is 3.04. The highest BCUT2D eigenvalue weighted by Gasteiger charge is 2.22. The summed E-state index contributed by atoms with van der Waals surface area (Å²) in [4.78, 5) is 14.6. The van der Waals surface area contributed by atoms with Crippen LogP contribution in [0.3, 0.4) is 0 Å². The molecule has 0 spiro atoms. The number of thiazole rings is 1. The molecule has 0 aliphatic rings. The summed E-state index contributed by atoms with van der Waals surface area (Å²) in [6.07, 6.45) is 0. The van der Waals surface area contributed by atoms with E-state index in [4.69, 9.17) is 5.11 Å². The van der Waals surface area contributed by atoms with Crippen LogP contribution in [0.5, 0.6) is 0 Å². The van der Waals surface area contributed by atoms with E-state index in [0.717, 1.165) is 32.8 Å². The van der Waals surface area contributed by atoms with Crippen LogP contribution in [0.15, 0.2) is 40.1 Å². The van der Waals surface area contributed by atoms with Gasteiger partial charge in [0.15, 0.2) is 5.69 Å². The fourth-order valence-corrected chi connectivity index (χ4v) is 5.12. The Morgan fingerprint density at radius 3 is 2.76 bits per heavy atom. The van der Waals surface area contributed by atoms with Gasteiger partial charge < -0.3 is 5.11 Å². The molecule has 3 rings (SSSR count). The van der Waals surface area contributed by atoms with Crippen LogP contribution in [0.1, 0.15) is 10.5 Å². The van der Waals surface area contributed by atoms with Gasteiger partial charge in [0.2, 0.25) is 0 Å². The van der Waals surface area contributed by atoms with Crippen molar-refractivity contribution in [3.8, 4) is 0 Å². The first-order valence-corrected chi connectivity index (χ1v) is 8.83. The minimum absolute atomic E-state index is 0.0000406. The maximum Gasteiger partial charge on any atom is 0.357 e. The Morgan fingerprint density at radius 1 is 1.29 bits per heavy atom. The van der Waals surface area contributed by atoms with Gasteiger partial charge in [0.1, 0.15) is 9.21 Å². The zero-order valence-corrected chi connectivity index (χ0v) is 12.8. The van der Waals surface area contributed by atoms with Crippen molar-refractivity contribution in [2.24, 2.45) is 0 Å². The van der Waals surface area contributed by atoms with E-state index in [9.17, 15) is 13.2 Å². The lowest BCUT2D eigenvalue weighted by molar-refractivity contribution is 0.0692. The number of sulfonamides is 1. The monoisotopic (exact) mass is 340 g/mol. The Balaban J connectivity index is 2.00. The van der Waals surface area contributed by atoms with Crippen molar-refractivity contribution in [1.29, 1.82) is 0 Å². The van der Waals surface area contributed by atoms with Crippen molar-refractivity contribution >= 4 is 53.8 Å². The maximum atomic E-state index is 12.3. The maximum absolute atomic E-state index is 12.3. The fourth-order valence-electron chi connectivity index (χ4n) is 1.73. The number of aromatic carboxylic acids is 1. The zero-order valence-electron chi connectivity index (χ0n) is 10.3. The number of aromatic nitrogens is 1. The molecule has 2 heterocycles. The molecule has 0 saturated heterocycles. The molecule has 3 aromatic rings. The fraction of sp³-hybridized carbons (Fsp3) is 0. The number of nitrogens with one attached hydrogen (secondary N) is 1. The predicted molar refractivity (Wildman–Crippen MR) is 81.7 cm³/mol.